The Morgan fingerprint density at radius 1 is 0.537 bits per heavy atom. The lowest BCUT2D eigenvalue weighted by Gasteiger charge is -2.23. The zero-order valence-corrected chi connectivity index (χ0v) is 27.2. The molecule has 0 aliphatic carbocycles. The molecule has 4 aromatic rings. The monoisotopic (exact) mass is 682 g/mol. The summed E-state index contributed by atoms with van der Waals surface area (Å²) in [5, 5.41) is 0.0412. The Hall–Kier alpha value is -1.95. The van der Waals surface area contributed by atoms with Gasteiger partial charge in [0.1, 0.15) is 10.5 Å². The minimum atomic E-state index is -4.10. The van der Waals surface area contributed by atoms with Gasteiger partial charge in [0.25, 0.3) is 0 Å². The maximum atomic E-state index is 14.7. The van der Waals surface area contributed by atoms with E-state index in [1.54, 1.807) is 85.0 Å². The van der Waals surface area contributed by atoms with E-state index in [4.69, 9.17) is 69.6 Å². The molecule has 0 saturated carbocycles. The summed E-state index contributed by atoms with van der Waals surface area (Å²) in [4.78, 5) is 0. The molecule has 0 heterocycles. The van der Waals surface area contributed by atoms with E-state index in [2.05, 4.69) is 0 Å². The molecule has 0 saturated heterocycles. The van der Waals surface area contributed by atoms with Gasteiger partial charge in [-0.3, -0.25) is 0 Å². The second kappa shape index (κ2) is 13.6. The fraction of sp³-hybridized carbons (Fsp3) is 0.125. The predicted octanol–water partition coefficient (Wildman–Crippen LogP) is 11.8. The Morgan fingerprint density at radius 2 is 0.927 bits per heavy atom. The van der Waals surface area contributed by atoms with E-state index in [9.17, 15) is 8.42 Å². The smallest absolute Gasteiger partial charge is 0.171 e. The third-order valence-electron chi connectivity index (χ3n) is 6.46. The average molecular weight is 685 g/mol. The van der Waals surface area contributed by atoms with Crippen molar-refractivity contribution in [1.82, 2.24) is 0 Å². The van der Waals surface area contributed by atoms with Crippen molar-refractivity contribution in [1.29, 1.82) is 0 Å². The summed E-state index contributed by atoms with van der Waals surface area (Å²) < 4.78 is 29.4. The van der Waals surface area contributed by atoms with Gasteiger partial charge in [-0.1, -0.05) is 130 Å². The van der Waals surface area contributed by atoms with Crippen LogP contribution >= 0.6 is 69.6 Å². The minimum absolute atomic E-state index is 0.323. The molecular formula is C32H24Cl6O2S. The van der Waals surface area contributed by atoms with Crippen molar-refractivity contribution < 1.29 is 8.42 Å². The van der Waals surface area contributed by atoms with Crippen LogP contribution in [0.25, 0.3) is 12.2 Å². The van der Waals surface area contributed by atoms with E-state index in [-0.39, 0.29) is 0 Å². The molecule has 0 radical (unpaired) electrons. The normalized spacial score (nSPS) is 13.7. The summed E-state index contributed by atoms with van der Waals surface area (Å²) >= 11 is 38.3. The van der Waals surface area contributed by atoms with Crippen molar-refractivity contribution >= 4 is 91.6 Å². The molecule has 0 spiro atoms. The number of rotatable bonds is 8. The number of benzene rings is 4. The highest BCUT2D eigenvalue weighted by Crippen LogP contribution is 2.42. The van der Waals surface area contributed by atoms with Gasteiger partial charge in [-0.25, -0.2) is 8.42 Å². The Kier molecular flexibility index (Phi) is 10.6. The highest BCUT2D eigenvalue weighted by molar-refractivity contribution is 7.92. The largest absolute Gasteiger partial charge is 0.227 e. The number of hydrogen-bond acceptors (Lipinski definition) is 2. The van der Waals surface area contributed by atoms with Crippen molar-refractivity contribution in [2.45, 2.75) is 24.3 Å². The van der Waals surface area contributed by atoms with Crippen molar-refractivity contribution in [3.8, 4) is 0 Å². The number of halogens is 6. The van der Waals surface area contributed by atoms with Crippen LogP contribution in [-0.4, -0.2) is 8.42 Å². The quantitative estimate of drug-likeness (QED) is 0.185. The van der Waals surface area contributed by atoms with Crippen molar-refractivity contribution in [2.75, 3.05) is 0 Å². The van der Waals surface area contributed by atoms with Gasteiger partial charge in [-0.15, -0.1) is 0 Å². The van der Waals surface area contributed by atoms with E-state index < -0.39 is 20.3 Å². The molecule has 0 bridgehead atoms. The number of hydrogen-bond donors (Lipinski definition) is 0. The average Bonchev–Trinajstić information content (AvgIpc) is 2.88. The van der Waals surface area contributed by atoms with E-state index in [1.807, 2.05) is 26.0 Å². The zero-order valence-electron chi connectivity index (χ0n) is 21.9. The lowest BCUT2D eigenvalue weighted by atomic mass is 10.1. The lowest BCUT2D eigenvalue weighted by Crippen LogP contribution is -2.19. The molecule has 2 nitrogen and oxygen atoms in total. The predicted molar refractivity (Wildman–Crippen MR) is 178 cm³/mol. The van der Waals surface area contributed by atoms with Crippen LogP contribution in [0.4, 0.5) is 0 Å². The first-order valence-corrected chi connectivity index (χ1v) is 16.3. The van der Waals surface area contributed by atoms with E-state index in [0.717, 1.165) is 11.1 Å². The van der Waals surface area contributed by atoms with Gasteiger partial charge in [0.15, 0.2) is 9.84 Å². The zero-order chi connectivity index (χ0) is 29.9. The topological polar surface area (TPSA) is 34.1 Å². The van der Waals surface area contributed by atoms with Crippen molar-refractivity contribution in [3.63, 3.8) is 0 Å². The summed E-state index contributed by atoms with van der Waals surface area (Å²) in [6, 6.07) is 20.6. The van der Waals surface area contributed by atoms with Gasteiger partial charge in [0.2, 0.25) is 0 Å². The SMILES string of the molecule is Cc1ccc(C(C=Cc2ccc(Cl)cc2Cl)S(=O)(=O)C(C=Cc2ccc(Cl)cc2Cl)c2ccc(C)cc2Cl)c(Cl)c1. The van der Waals surface area contributed by atoms with Gasteiger partial charge in [0.05, 0.1) is 0 Å². The molecule has 0 fully saturated rings. The molecule has 4 aromatic carbocycles. The highest BCUT2D eigenvalue weighted by atomic mass is 35.5. The van der Waals surface area contributed by atoms with Crippen LogP contribution in [0.15, 0.2) is 84.9 Å². The van der Waals surface area contributed by atoms with Crippen molar-refractivity contribution in [3.05, 3.63) is 148 Å². The maximum absolute atomic E-state index is 14.7. The summed E-state index contributed by atoms with van der Waals surface area (Å²) in [6.45, 7) is 3.77. The van der Waals surface area contributed by atoms with Gasteiger partial charge in [0, 0.05) is 30.1 Å². The van der Waals surface area contributed by atoms with Crippen LogP contribution in [0, 0.1) is 13.8 Å². The van der Waals surface area contributed by atoms with Gasteiger partial charge >= 0.3 is 0 Å². The second-order valence-corrected chi connectivity index (χ2v) is 14.2. The fourth-order valence-corrected chi connectivity index (χ4v) is 8.13. The molecule has 0 aromatic heterocycles. The van der Waals surface area contributed by atoms with Crippen LogP contribution in [0.3, 0.4) is 0 Å². The van der Waals surface area contributed by atoms with Crippen molar-refractivity contribution in [2.24, 2.45) is 0 Å². The number of sulfone groups is 1. The first-order valence-electron chi connectivity index (χ1n) is 12.4. The molecule has 0 N–H and O–H groups in total. The molecule has 212 valence electrons. The van der Waals surface area contributed by atoms with Crippen LogP contribution in [0.2, 0.25) is 30.1 Å². The molecule has 4 rings (SSSR count). The Morgan fingerprint density at radius 3 is 1.27 bits per heavy atom. The first-order chi connectivity index (χ1) is 19.4. The molecular weight excluding hydrogens is 661 g/mol. The molecule has 2 atom stereocenters. The third kappa shape index (κ3) is 7.72. The molecule has 0 amide bonds. The summed E-state index contributed by atoms with van der Waals surface area (Å²) in [6.07, 6.45) is 6.48. The van der Waals surface area contributed by atoms with Crippen LogP contribution in [0.5, 0.6) is 0 Å². The molecule has 0 aliphatic heterocycles. The molecule has 41 heavy (non-hydrogen) atoms. The third-order valence-corrected chi connectivity index (χ3v) is 10.5. The highest BCUT2D eigenvalue weighted by Gasteiger charge is 2.35. The molecule has 2 unspecified atom stereocenters. The lowest BCUT2D eigenvalue weighted by molar-refractivity contribution is 0.584. The Balaban J connectivity index is 1.92. The van der Waals surface area contributed by atoms with Crippen LogP contribution < -0.4 is 0 Å². The number of aryl methyl sites for hydroxylation is 2. The fourth-order valence-electron chi connectivity index (χ4n) is 4.32. The summed E-state index contributed by atoms with van der Waals surface area (Å²) in [5.74, 6) is 0. The van der Waals surface area contributed by atoms with Crippen LogP contribution in [-0.2, 0) is 9.84 Å². The summed E-state index contributed by atoms with van der Waals surface area (Å²) in [5.41, 5.74) is 3.85. The van der Waals surface area contributed by atoms with Gasteiger partial charge < -0.3 is 0 Å². The molecule has 9 heteroatoms. The molecule has 0 aliphatic rings. The summed E-state index contributed by atoms with van der Waals surface area (Å²) in [7, 11) is -4.10. The Bertz CT molecular complexity index is 1640. The van der Waals surface area contributed by atoms with Gasteiger partial charge in [-0.2, -0.15) is 0 Å². The van der Waals surface area contributed by atoms with E-state index >= 15 is 0 Å². The van der Waals surface area contributed by atoms with Gasteiger partial charge in [-0.05, 0) is 83.6 Å². The maximum Gasteiger partial charge on any atom is 0.171 e. The second-order valence-electron chi connectivity index (χ2n) is 9.53. The first kappa shape index (κ1) is 32.0. The Labute approximate surface area is 271 Å². The van der Waals surface area contributed by atoms with Crippen LogP contribution in [0.1, 0.15) is 43.9 Å². The van der Waals surface area contributed by atoms with E-state index in [0.29, 0.717) is 52.4 Å². The minimum Gasteiger partial charge on any atom is -0.227 e. The standard InChI is InChI=1S/C32H24Cl6O2S/c1-19-3-11-25(29(37)15-19)31(13-7-21-5-9-23(33)17-27(21)35)41(39,40)32(26-12-4-20(2)16-30(26)38)14-8-22-6-10-24(34)18-28(22)36/h3-18,31-32H,1-2H3. The van der Waals surface area contributed by atoms with E-state index in [1.165, 1.54) is 0 Å².